The van der Waals surface area contributed by atoms with E-state index < -0.39 is 0 Å². The normalized spacial score (nSPS) is 17.3. The molecule has 0 saturated heterocycles. The van der Waals surface area contributed by atoms with Gasteiger partial charge in [0.15, 0.2) is 0 Å². The van der Waals surface area contributed by atoms with Gasteiger partial charge in [0, 0.05) is 29.8 Å². The molecule has 7 nitrogen and oxygen atoms in total. The van der Waals surface area contributed by atoms with Gasteiger partial charge in [-0.15, -0.1) is 0 Å². The van der Waals surface area contributed by atoms with Crippen molar-refractivity contribution in [1.82, 2.24) is 25.3 Å². The van der Waals surface area contributed by atoms with Crippen LogP contribution in [0.2, 0.25) is 0 Å². The highest BCUT2D eigenvalue weighted by molar-refractivity contribution is 5.93. The molecule has 158 valence electrons. The molecule has 30 heavy (non-hydrogen) atoms. The van der Waals surface area contributed by atoms with Crippen LogP contribution in [-0.2, 0) is 6.54 Å². The summed E-state index contributed by atoms with van der Waals surface area (Å²) >= 11 is 0. The van der Waals surface area contributed by atoms with Crippen molar-refractivity contribution in [2.75, 3.05) is 0 Å². The number of H-pyrrole nitrogens is 1. The molecular formula is C23H29N5O2. The Kier molecular flexibility index (Phi) is 5.13. The Morgan fingerprint density at radius 2 is 2.10 bits per heavy atom. The number of nitrogens with one attached hydrogen (secondary N) is 2. The van der Waals surface area contributed by atoms with E-state index in [0.29, 0.717) is 12.1 Å². The maximum Gasteiger partial charge on any atom is 0.269 e. The molecule has 1 aliphatic heterocycles. The Balaban J connectivity index is 1.57. The predicted molar refractivity (Wildman–Crippen MR) is 116 cm³/mol. The number of aryl methyl sites for hydroxylation is 2. The fourth-order valence-corrected chi connectivity index (χ4v) is 4.23. The number of nitrogens with zero attached hydrogens (tertiary/aromatic N) is 3. The van der Waals surface area contributed by atoms with Crippen LogP contribution in [0.3, 0.4) is 0 Å². The van der Waals surface area contributed by atoms with Crippen LogP contribution in [0.4, 0.5) is 0 Å². The standard InChI is InChI=1S/C23H29N5O2/c1-6-11-28-15(3)21(14(2)27-28)17-12-18(26-25-17)22(29)24-19-13-23(4,5)30-20-10-8-7-9-16(19)20/h7-10,12,19H,6,11,13H2,1-5H3,(H,24,29)(H,25,26). The third-order valence-corrected chi connectivity index (χ3v) is 5.58. The molecule has 3 aromatic rings. The summed E-state index contributed by atoms with van der Waals surface area (Å²) in [7, 11) is 0. The lowest BCUT2D eigenvalue weighted by atomic mass is 9.89. The second-order valence-electron chi connectivity index (χ2n) is 8.57. The zero-order valence-corrected chi connectivity index (χ0v) is 18.2. The summed E-state index contributed by atoms with van der Waals surface area (Å²) in [5, 5.41) is 15.1. The van der Waals surface area contributed by atoms with Crippen LogP contribution in [-0.4, -0.2) is 31.5 Å². The van der Waals surface area contributed by atoms with Crippen molar-refractivity contribution in [3.63, 3.8) is 0 Å². The third kappa shape index (κ3) is 3.72. The molecular weight excluding hydrogens is 378 g/mol. The van der Waals surface area contributed by atoms with Gasteiger partial charge >= 0.3 is 0 Å². The number of hydrogen-bond donors (Lipinski definition) is 2. The molecule has 1 unspecified atom stereocenters. The molecule has 1 amide bonds. The fourth-order valence-electron chi connectivity index (χ4n) is 4.23. The number of aromatic nitrogens is 4. The average molecular weight is 408 g/mol. The van der Waals surface area contributed by atoms with Gasteiger partial charge in [-0.05, 0) is 46.2 Å². The number of carbonyl (C=O) groups excluding carboxylic acids is 1. The number of hydrogen-bond acceptors (Lipinski definition) is 4. The summed E-state index contributed by atoms with van der Waals surface area (Å²) < 4.78 is 8.07. The Morgan fingerprint density at radius 1 is 1.33 bits per heavy atom. The summed E-state index contributed by atoms with van der Waals surface area (Å²) in [6.07, 6.45) is 1.71. The van der Waals surface area contributed by atoms with Crippen LogP contribution >= 0.6 is 0 Å². The number of ether oxygens (including phenoxy) is 1. The van der Waals surface area contributed by atoms with E-state index in [2.05, 4.69) is 27.5 Å². The molecule has 4 rings (SSSR count). The first kappa shape index (κ1) is 20.2. The van der Waals surface area contributed by atoms with Crippen LogP contribution < -0.4 is 10.1 Å². The topological polar surface area (TPSA) is 84.8 Å². The monoisotopic (exact) mass is 407 g/mol. The Labute approximate surface area is 176 Å². The summed E-state index contributed by atoms with van der Waals surface area (Å²) in [6, 6.07) is 9.54. The molecule has 0 radical (unpaired) electrons. The van der Waals surface area contributed by atoms with E-state index in [1.165, 1.54) is 0 Å². The number of benzene rings is 1. The van der Waals surface area contributed by atoms with Gasteiger partial charge in [-0.2, -0.15) is 10.2 Å². The van der Waals surface area contributed by atoms with Crippen molar-refractivity contribution in [2.45, 2.75) is 65.6 Å². The van der Waals surface area contributed by atoms with Crippen molar-refractivity contribution in [3.8, 4) is 17.0 Å². The number of para-hydroxylation sites is 1. The highest BCUT2D eigenvalue weighted by Gasteiger charge is 2.34. The molecule has 1 aromatic carbocycles. The smallest absolute Gasteiger partial charge is 0.269 e. The molecule has 0 spiro atoms. The predicted octanol–water partition coefficient (Wildman–Crippen LogP) is 4.33. The van der Waals surface area contributed by atoms with E-state index in [1.54, 1.807) is 6.07 Å². The average Bonchev–Trinajstić information content (AvgIpc) is 3.26. The van der Waals surface area contributed by atoms with Crippen molar-refractivity contribution in [1.29, 1.82) is 0 Å². The van der Waals surface area contributed by atoms with Gasteiger partial charge in [0.1, 0.15) is 17.0 Å². The molecule has 1 aliphatic rings. The largest absolute Gasteiger partial charge is 0.487 e. The van der Waals surface area contributed by atoms with Crippen LogP contribution in [0.25, 0.3) is 11.3 Å². The summed E-state index contributed by atoms with van der Waals surface area (Å²) in [5.74, 6) is 0.640. The van der Waals surface area contributed by atoms with Crippen LogP contribution in [0, 0.1) is 13.8 Å². The van der Waals surface area contributed by atoms with Crippen molar-refractivity contribution >= 4 is 5.91 Å². The molecule has 0 fully saturated rings. The van der Waals surface area contributed by atoms with Crippen LogP contribution in [0.15, 0.2) is 30.3 Å². The van der Waals surface area contributed by atoms with Gasteiger partial charge < -0.3 is 10.1 Å². The van der Waals surface area contributed by atoms with Gasteiger partial charge in [0.25, 0.3) is 5.91 Å². The number of fused-ring (bicyclic) bond motifs is 1. The maximum atomic E-state index is 13.0. The van der Waals surface area contributed by atoms with E-state index in [4.69, 9.17) is 4.74 Å². The Morgan fingerprint density at radius 3 is 2.87 bits per heavy atom. The van der Waals surface area contributed by atoms with Gasteiger partial charge in [-0.1, -0.05) is 25.1 Å². The molecule has 0 saturated carbocycles. The minimum absolute atomic E-state index is 0.125. The van der Waals surface area contributed by atoms with Crippen molar-refractivity contribution < 1.29 is 9.53 Å². The van der Waals surface area contributed by atoms with E-state index in [-0.39, 0.29) is 17.6 Å². The van der Waals surface area contributed by atoms with Crippen molar-refractivity contribution in [3.05, 3.63) is 53.0 Å². The first-order valence-electron chi connectivity index (χ1n) is 10.5. The molecule has 2 aromatic heterocycles. The van der Waals surface area contributed by atoms with Gasteiger partial charge in [-0.25, -0.2) is 0 Å². The minimum Gasteiger partial charge on any atom is -0.487 e. The zero-order chi connectivity index (χ0) is 21.5. The van der Waals surface area contributed by atoms with E-state index in [9.17, 15) is 4.79 Å². The fraction of sp³-hybridized carbons (Fsp3) is 0.435. The van der Waals surface area contributed by atoms with Crippen LogP contribution in [0.1, 0.15) is 67.1 Å². The van der Waals surface area contributed by atoms with E-state index >= 15 is 0 Å². The highest BCUT2D eigenvalue weighted by Crippen LogP contribution is 2.39. The Hall–Kier alpha value is -3.09. The van der Waals surface area contributed by atoms with Gasteiger partial charge in [0.05, 0.1) is 17.4 Å². The maximum absolute atomic E-state index is 13.0. The summed E-state index contributed by atoms with van der Waals surface area (Å²) in [5.41, 5.74) is 4.79. The Bertz CT molecular complexity index is 1080. The summed E-state index contributed by atoms with van der Waals surface area (Å²) in [6.45, 7) is 11.1. The lowest BCUT2D eigenvalue weighted by molar-refractivity contribution is 0.0618. The zero-order valence-electron chi connectivity index (χ0n) is 18.2. The number of carbonyl (C=O) groups is 1. The van der Waals surface area contributed by atoms with Crippen molar-refractivity contribution in [2.24, 2.45) is 0 Å². The first-order chi connectivity index (χ1) is 14.3. The number of amides is 1. The summed E-state index contributed by atoms with van der Waals surface area (Å²) in [4.78, 5) is 13.0. The number of aromatic amines is 1. The van der Waals surface area contributed by atoms with E-state index in [1.807, 2.05) is 56.6 Å². The second-order valence-corrected chi connectivity index (χ2v) is 8.57. The number of rotatable bonds is 5. The quantitative estimate of drug-likeness (QED) is 0.659. The molecule has 3 heterocycles. The lowest BCUT2D eigenvalue weighted by Gasteiger charge is -2.37. The molecule has 0 bridgehead atoms. The van der Waals surface area contributed by atoms with Gasteiger partial charge in [0.2, 0.25) is 0 Å². The molecule has 2 N–H and O–H groups in total. The van der Waals surface area contributed by atoms with Crippen LogP contribution in [0.5, 0.6) is 5.75 Å². The minimum atomic E-state index is -0.354. The SMILES string of the molecule is CCCn1nc(C)c(-c2cc(C(=O)NC3CC(C)(C)Oc4ccccc43)[nH]n2)c1C. The molecule has 7 heteroatoms. The third-order valence-electron chi connectivity index (χ3n) is 5.58. The second kappa shape index (κ2) is 7.63. The van der Waals surface area contributed by atoms with Gasteiger partial charge in [-0.3, -0.25) is 14.6 Å². The highest BCUT2D eigenvalue weighted by atomic mass is 16.5. The molecule has 1 atom stereocenters. The lowest BCUT2D eigenvalue weighted by Crippen LogP contribution is -2.41. The first-order valence-corrected chi connectivity index (χ1v) is 10.5. The van der Waals surface area contributed by atoms with E-state index in [0.717, 1.165) is 46.9 Å². The molecule has 0 aliphatic carbocycles.